The quantitative estimate of drug-likeness (QED) is 0.787. The van der Waals surface area contributed by atoms with Crippen molar-refractivity contribution in [2.45, 2.75) is 12.4 Å². The molecule has 1 aliphatic rings. The van der Waals surface area contributed by atoms with Gasteiger partial charge in [-0.05, 0) is 17.2 Å². The van der Waals surface area contributed by atoms with Crippen molar-refractivity contribution < 1.29 is 22.1 Å². The van der Waals surface area contributed by atoms with Crippen LogP contribution in [-0.4, -0.2) is 27.9 Å². The van der Waals surface area contributed by atoms with E-state index >= 15 is 0 Å². The third-order valence-electron chi connectivity index (χ3n) is 3.48. The van der Waals surface area contributed by atoms with Crippen LogP contribution in [0.3, 0.4) is 0 Å². The summed E-state index contributed by atoms with van der Waals surface area (Å²) in [4.78, 5) is 0. The maximum Gasteiger partial charge on any atom is 0.265 e. The van der Waals surface area contributed by atoms with Gasteiger partial charge in [0.25, 0.3) is 10.1 Å². The summed E-state index contributed by atoms with van der Waals surface area (Å²) in [5.74, 6) is 0. The van der Waals surface area contributed by atoms with Crippen LogP contribution in [-0.2, 0) is 23.8 Å². The summed E-state index contributed by atoms with van der Waals surface area (Å²) in [6.45, 7) is 1.10. The summed E-state index contributed by atoms with van der Waals surface area (Å²) in [5.41, 5.74) is 2.35. The standard InChI is InChI=1S/C17H18O5S/c1-23(18,19)22-16(13-6-3-2-4-7-13)14-8-5-9-15(12-14)17-20-10-11-21-17/h2-9,12,16-17H,10-11H2,1H3. The number of benzene rings is 2. The summed E-state index contributed by atoms with van der Waals surface area (Å²) in [7, 11) is -3.61. The van der Waals surface area contributed by atoms with Gasteiger partial charge in [0.1, 0.15) is 6.10 Å². The molecular weight excluding hydrogens is 316 g/mol. The molecule has 2 aromatic carbocycles. The topological polar surface area (TPSA) is 61.8 Å². The van der Waals surface area contributed by atoms with Gasteiger partial charge in [-0.15, -0.1) is 0 Å². The highest BCUT2D eigenvalue weighted by Crippen LogP contribution is 2.31. The molecule has 0 radical (unpaired) electrons. The van der Waals surface area contributed by atoms with Crippen LogP contribution in [0.5, 0.6) is 0 Å². The Kier molecular flexibility index (Phi) is 4.77. The molecule has 1 saturated heterocycles. The highest BCUT2D eigenvalue weighted by atomic mass is 32.2. The smallest absolute Gasteiger partial charge is 0.265 e. The van der Waals surface area contributed by atoms with Crippen LogP contribution in [0.4, 0.5) is 0 Å². The van der Waals surface area contributed by atoms with E-state index in [2.05, 4.69) is 0 Å². The molecule has 0 spiro atoms. The molecule has 0 amide bonds. The first-order valence-corrected chi connectivity index (χ1v) is 9.11. The SMILES string of the molecule is CS(=O)(=O)OC(c1ccccc1)c1cccc(C2OCCO2)c1. The van der Waals surface area contributed by atoms with Crippen molar-refractivity contribution >= 4 is 10.1 Å². The van der Waals surface area contributed by atoms with Crippen molar-refractivity contribution in [1.82, 2.24) is 0 Å². The summed E-state index contributed by atoms with van der Waals surface area (Å²) in [6.07, 6.45) is -0.0622. The van der Waals surface area contributed by atoms with Crippen molar-refractivity contribution in [3.8, 4) is 0 Å². The molecule has 0 saturated carbocycles. The van der Waals surface area contributed by atoms with Crippen molar-refractivity contribution in [2.24, 2.45) is 0 Å². The Balaban J connectivity index is 1.97. The lowest BCUT2D eigenvalue weighted by atomic mass is 10.00. The number of hydrogen-bond donors (Lipinski definition) is 0. The molecule has 1 unspecified atom stereocenters. The largest absolute Gasteiger partial charge is 0.346 e. The maximum atomic E-state index is 11.7. The zero-order chi connectivity index (χ0) is 16.3. The lowest BCUT2D eigenvalue weighted by molar-refractivity contribution is -0.0442. The van der Waals surface area contributed by atoms with E-state index in [0.29, 0.717) is 13.2 Å². The van der Waals surface area contributed by atoms with Crippen molar-refractivity contribution in [1.29, 1.82) is 0 Å². The number of rotatable bonds is 5. The van der Waals surface area contributed by atoms with Crippen LogP contribution >= 0.6 is 0 Å². The van der Waals surface area contributed by atoms with Crippen LogP contribution in [0.25, 0.3) is 0 Å². The van der Waals surface area contributed by atoms with Gasteiger partial charge in [0, 0.05) is 5.56 Å². The molecule has 23 heavy (non-hydrogen) atoms. The Morgan fingerprint density at radius 3 is 2.30 bits per heavy atom. The molecular formula is C17H18O5S. The van der Waals surface area contributed by atoms with Crippen molar-refractivity contribution in [3.05, 3.63) is 71.3 Å². The van der Waals surface area contributed by atoms with E-state index in [4.69, 9.17) is 13.7 Å². The first kappa shape index (κ1) is 16.1. The lowest BCUT2D eigenvalue weighted by Gasteiger charge is -2.19. The molecule has 6 heteroatoms. The van der Waals surface area contributed by atoms with Crippen LogP contribution < -0.4 is 0 Å². The molecule has 0 aliphatic carbocycles. The zero-order valence-electron chi connectivity index (χ0n) is 12.7. The van der Waals surface area contributed by atoms with Crippen LogP contribution in [0.15, 0.2) is 54.6 Å². The zero-order valence-corrected chi connectivity index (χ0v) is 13.5. The highest BCUT2D eigenvalue weighted by Gasteiger charge is 2.23. The van der Waals surface area contributed by atoms with E-state index < -0.39 is 22.5 Å². The highest BCUT2D eigenvalue weighted by molar-refractivity contribution is 7.86. The van der Waals surface area contributed by atoms with Gasteiger partial charge < -0.3 is 9.47 Å². The van der Waals surface area contributed by atoms with Crippen LogP contribution in [0.1, 0.15) is 29.1 Å². The fourth-order valence-corrected chi connectivity index (χ4v) is 3.10. The second kappa shape index (κ2) is 6.80. The van der Waals surface area contributed by atoms with Crippen LogP contribution in [0, 0.1) is 0 Å². The predicted octanol–water partition coefficient (Wildman–Crippen LogP) is 2.80. The average molecular weight is 334 g/mol. The summed E-state index contributed by atoms with van der Waals surface area (Å²) in [5, 5.41) is 0. The first-order chi connectivity index (χ1) is 11.0. The molecule has 3 rings (SSSR count). The lowest BCUT2D eigenvalue weighted by Crippen LogP contribution is -2.12. The minimum atomic E-state index is -3.61. The van der Waals surface area contributed by atoms with Crippen LogP contribution in [0.2, 0.25) is 0 Å². The minimum Gasteiger partial charge on any atom is -0.346 e. The third kappa shape index (κ3) is 4.17. The molecule has 1 fully saturated rings. The fraction of sp³-hybridized carbons (Fsp3) is 0.294. The van der Waals surface area contributed by atoms with E-state index in [1.165, 1.54) is 0 Å². The second-order valence-electron chi connectivity index (χ2n) is 5.33. The van der Waals surface area contributed by atoms with Gasteiger partial charge in [-0.25, -0.2) is 0 Å². The first-order valence-electron chi connectivity index (χ1n) is 7.29. The normalized spacial score (nSPS) is 17.3. The Morgan fingerprint density at radius 1 is 1.00 bits per heavy atom. The maximum absolute atomic E-state index is 11.7. The summed E-state index contributed by atoms with van der Waals surface area (Å²) in [6, 6.07) is 16.7. The van der Waals surface area contributed by atoms with E-state index in [9.17, 15) is 8.42 Å². The fourth-order valence-electron chi connectivity index (χ4n) is 2.53. The molecule has 1 aliphatic heterocycles. The summed E-state index contributed by atoms with van der Waals surface area (Å²) >= 11 is 0. The molecule has 0 N–H and O–H groups in total. The third-order valence-corrected chi connectivity index (χ3v) is 4.02. The molecule has 122 valence electrons. The Morgan fingerprint density at radius 2 is 1.65 bits per heavy atom. The van der Waals surface area contributed by atoms with Crippen molar-refractivity contribution in [2.75, 3.05) is 19.5 Å². The van der Waals surface area contributed by atoms with Gasteiger partial charge in [0.05, 0.1) is 19.5 Å². The van der Waals surface area contributed by atoms with E-state index in [1.54, 1.807) is 0 Å². The van der Waals surface area contributed by atoms with Gasteiger partial charge in [0.15, 0.2) is 6.29 Å². The van der Waals surface area contributed by atoms with Gasteiger partial charge in [-0.2, -0.15) is 8.42 Å². The molecule has 1 heterocycles. The Labute approximate surface area is 135 Å². The number of ether oxygens (including phenoxy) is 2. The predicted molar refractivity (Wildman–Crippen MR) is 85.3 cm³/mol. The number of hydrogen-bond acceptors (Lipinski definition) is 5. The van der Waals surface area contributed by atoms with Gasteiger partial charge in [0.2, 0.25) is 0 Å². The van der Waals surface area contributed by atoms with Gasteiger partial charge in [-0.1, -0.05) is 48.5 Å². The Hall–Kier alpha value is -1.73. The molecule has 2 aromatic rings. The molecule has 5 nitrogen and oxygen atoms in total. The van der Waals surface area contributed by atoms with Crippen molar-refractivity contribution in [3.63, 3.8) is 0 Å². The van der Waals surface area contributed by atoms with E-state index in [-0.39, 0.29) is 0 Å². The monoisotopic (exact) mass is 334 g/mol. The molecule has 0 bridgehead atoms. The molecule has 1 atom stereocenters. The second-order valence-corrected chi connectivity index (χ2v) is 6.94. The van der Waals surface area contributed by atoms with E-state index in [1.807, 2.05) is 54.6 Å². The average Bonchev–Trinajstić information content (AvgIpc) is 3.07. The van der Waals surface area contributed by atoms with E-state index in [0.717, 1.165) is 22.9 Å². The Bertz CT molecular complexity index is 752. The van der Waals surface area contributed by atoms with Gasteiger partial charge >= 0.3 is 0 Å². The summed E-state index contributed by atoms with van der Waals surface area (Å²) < 4.78 is 39.6. The minimum absolute atomic E-state index is 0.412. The van der Waals surface area contributed by atoms with Gasteiger partial charge in [-0.3, -0.25) is 4.18 Å². The molecule has 0 aromatic heterocycles.